The zero-order valence-electron chi connectivity index (χ0n) is 10.2. The molecule has 1 atom stereocenters. The normalized spacial score (nSPS) is 25.6. The van der Waals surface area contributed by atoms with Crippen molar-refractivity contribution in [1.82, 2.24) is 15.5 Å². The molecule has 2 aliphatic heterocycles. The molecule has 0 radical (unpaired) electrons. The maximum atomic E-state index is 11.8. The van der Waals surface area contributed by atoms with Crippen molar-refractivity contribution < 1.29 is 9.59 Å². The van der Waals surface area contributed by atoms with Gasteiger partial charge in [-0.05, 0) is 32.4 Å². The molecule has 2 amide bonds. The van der Waals surface area contributed by atoms with Gasteiger partial charge in [-0.2, -0.15) is 0 Å². The van der Waals surface area contributed by atoms with Gasteiger partial charge in [-0.15, -0.1) is 0 Å². The molecule has 5 nitrogen and oxygen atoms in total. The van der Waals surface area contributed by atoms with Crippen LogP contribution in [0.15, 0.2) is 0 Å². The molecule has 17 heavy (non-hydrogen) atoms. The van der Waals surface area contributed by atoms with Crippen molar-refractivity contribution in [3.8, 4) is 0 Å². The lowest BCUT2D eigenvalue weighted by atomic mass is 9.98. The third-order valence-corrected chi connectivity index (χ3v) is 3.56. The fraction of sp³-hybridized carbons (Fsp3) is 0.833. The maximum Gasteiger partial charge on any atom is 0.224 e. The predicted molar refractivity (Wildman–Crippen MR) is 64.4 cm³/mol. The third kappa shape index (κ3) is 3.70. The van der Waals surface area contributed by atoms with Crippen molar-refractivity contribution >= 4 is 11.8 Å². The number of carbonyl (C=O) groups excluding carboxylic acids is 2. The van der Waals surface area contributed by atoms with E-state index < -0.39 is 0 Å². The first kappa shape index (κ1) is 12.4. The lowest BCUT2D eigenvalue weighted by Crippen LogP contribution is -2.44. The van der Waals surface area contributed by atoms with Crippen LogP contribution >= 0.6 is 0 Å². The van der Waals surface area contributed by atoms with Gasteiger partial charge < -0.3 is 15.5 Å². The Hall–Kier alpha value is -1.10. The molecule has 5 heteroatoms. The second kappa shape index (κ2) is 6.00. The lowest BCUT2D eigenvalue weighted by Gasteiger charge is -2.22. The van der Waals surface area contributed by atoms with Crippen LogP contribution in [0.5, 0.6) is 0 Å². The second-order valence-corrected chi connectivity index (χ2v) is 4.88. The summed E-state index contributed by atoms with van der Waals surface area (Å²) >= 11 is 0. The van der Waals surface area contributed by atoms with Crippen molar-refractivity contribution in [2.24, 2.45) is 5.92 Å². The quantitative estimate of drug-likeness (QED) is 0.709. The summed E-state index contributed by atoms with van der Waals surface area (Å²) < 4.78 is 0. The van der Waals surface area contributed by atoms with Gasteiger partial charge >= 0.3 is 0 Å². The van der Waals surface area contributed by atoms with Crippen LogP contribution in [-0.2, 0) is 9.59 Å². The fourth-order valence-electron chi connectivity index (χ4n) is 2.44. The average molecular weight is 239 g/mol. The Morgan fingerprint density at radius 3 is 2.82 bits per heavy atom. The summed E-state index contributed by atoms with van der Waals surface area (Å²) in [4.78, 5) is 25.1. The van der Waals surface area contributed by atoms with Gasteiger partial charge in [0.05, 0.1) is 5.92 Å². The molecule has 2 heterocycles. The summed E-state index contributed by atoms with van der Waals surface area (Å²) in [5.41, 5.74) is 0. The van der Waals surface area contributed by atoms with Crippen LogP contribution in [0.3, 0.4) is 0 Å². The zero-order valence-corrected chi connectivity index (χ0v) is 10.2. The number of nitrogens with zero attached hydrogens (tertiary/aromatic N) is 1. The number of piperidine rings is 1. The van der Waals surface area contributed by atoms with Crippen molar-refractivity contribution in [1.29, 1.82) is 0 Å². The Morgan fingerprint density at radius 2 is 2.18 bits per heavy atom. The summed E-state index contributed by atoms with van der Waals surface area (Å²) in [6.45, 7) is 4.49. The van der Waals surface area contributed by atoms with E-state index in [0.29, 0.717) is 19.4 Å². The highest BCUT2D eigenvalue weighted by molar-refractivity contribution is 5.83. The number of hydrogen-bond acceptors (Lipinski definition) is 3. The number of nitrogens with one attached hydrogen (secondary N) is 2. The van der Waals surface area contributed by atoms with Gasteiger partial charge in [-0.3, -0.25) is 9.59 Å². The molecule has 2 aliphatic rings. The molecule has 0 spiro atoms. The van der Waals surface area contributed by atoms with E-state index in [1.165, 1.54) is 12.8 Å². The van der Waals surface area contributed by atoms with Crippen LogP contribution in [0.2, 0.25) is 0 Å². The Labute approximate surface area is 102 Å². The Morgan fingerprint density at radius 1 is 1.41 bits per heavy atom. The monoisotopic (exact) mass is 239 g/mol. The number of carbonyl (C=O) groups is 2. The molecule has 0 aromatic rings. The Balaban J connectivity index is 1.61. The molecule has 2 saturated heterocycles. The van der Waals surface area contributed by atoms with Crippen molar-refractivity contribution in [2.45, 2.75) is 25.7 Å². The van der Waals surface area contributed by atoms with Gasteiger partial charge in [0.15, 0.2) is 0 Å². The summed E-state index contributed by atoms with van der Waals surface area (Å²) in [5.74, 6) is 0.113. The maximum absolute atomic E-state index is 11.8. The first-order valence-corrected chi connectivity index (χ1v) is 6.52. The molecular weight excluding hydrogens is 218 g/mol. The van der Waals surface area contributed by atoms with Crippen molar-refractivity contribution in [2.75, 3.05) is 32.7 Å². The standard InChI is InChI=1S/C12H21N3O2/c16-11-4-3-10(9-14-11)12(17)13-5-8-15-6-1-2-7-15/h10H,1-9H2,(H,13,17)(H,14,16). The van der Waals surface area contributed by atoms with Gasteiger partial charge in [-0.25, -0.2) is 0 Å². The lowest BCUT2D eigenvalue weighted by molar-refractivity contribution is -0.128. The SMILES string of the molecule is O=C1CCC(C(=O)NCCN2CCCC2)CN1. The van der Waals surface area contributed by atoms with Crippen LogP contribution < -0.4 is 10.6 Å². The molecule has 0 aromatic heterocycles. The molecule has 0 bridgehead atoms. The van der Waals surface area contributed by atoms with E-state index >= 15 is 0 Å². The first-order valence-electron chi connectivity index (χ1n) is 6.52. The predicted octanol–water partition coefficient (Wildman–Crippen LogP) is -0.275. The molecule has 96 valence electrons. The molecular formula is C12H21N3O2. The van der Waals surface area contributed by atoms with E-state index in [2.05, 4.69) is 15.5 Å². The topological polar surface area (TPSA) is 61.4 Å². The average Bonchev–Trinajstić information content (AvgIpc) is 2.83. The summed E-state index contributed by atoms with van der Waals surface area (Å²) in [6, 6.07) is 0. The Kier molecular flexibility index (Phi) is 4.36. The summed E-state index contributed by atoms with van der Waals surface area (Å²) in [7, 11) is 0. The second-order valence-electron chi connectivity index (χ2n) is 4.88. The molecule has 1 unspecified atom stereocenters. The van der Waals surface area contributed by atoms with Crippen molar-refractivity contribution in [3.05, 3.63) is 0 Å². The third-order valence-electron chi connectivity index (χ3n) is 3.56. The number of amides is 2. The van der Waals surface area contributed by atoms with Crippen LogP contribution in [0.1, 0.15) is 25.7 Å². The van der Waals surface area contributed by atoms with Crippen LogP contribution in [0.25, 0.3) is 0 Å². The van der Waals surface area contributed by atoms with Gasteiger partial charge in [0, 0.05) is 26.1 Å². The highest BCUT2D eigenvalue weighted by Crippen LogP contribution is 2.10. The highest BCUT2D eigenvalue weighted by Gasteiger charge is 2.24. The molecule has 0 aliphatic carbocycles. The number of likely N-dealkylation sites (tertiary alicyclic amines) is 1. The van der Waals surface area contributed by atoms with E-state index in [0.717, 1.165) is 26.2 Å². The highest BCUT2D eigenvalue weighted by atomic mass is 16.2. The molecule has 2 N–H and O–H groups in total. The molecule has 2 rings (SSSR count). The molecule has 2 fully saturated rings. The van der Waals surface area contributed by atoms with Gasteiger partial charge in [-0.1, -0.05) is 0 Å². The van der Waals surface area contributed by atoms with E-state index in [-0.39, 0.29) is 17.7 Å². The molecule has 0 saturated carbocycles. The zero-order chi connectivity index (χ0) is 12.1. The van der Waals surface area contributed by atoms with Gasteiger partial charge in [0.2, 0.25) is 11.8 Å². The summed E-state index contributed by atoms with van der Waals surface area (Å²) in [5, 5.41) is 5.70. The van der Waals surface area contributed by atoms with Gasteiger partial charge in [0.25, 0.3) is 0 Å². The minimum atomic E-state index is -0.0359. The largest absolute Gasteiger partial charge is 0.355 e. The van der Waals surface area contributed by atoms with E-state index in [4.69, 9.17) is 0 Å². The fourth-order valence-corrected chi connectivity index (χ4v) is 2.44. The van der Waals surface area contributed by atoms with Crippen LogP contribution in [0.4, 0.5) is 0 Å². The first-order chi connectivity index (χ1) is 8.25. The van der Waals surface area contributed by atoms with Crippen LogP contribution in [0, 0.1) is 5.92 Å². The van der Waals surface area contributed by atoms with Crippen molar-refractivity contribution in [3.63, 3.8) is 0 Å². The minimum absolute atomic E-state index is 0.0359. The van der Waals surface area contributed by atoms with Crippen LogP contribution in [-0.4, -0.2) is 49.4 Å². The number of rotatable bonds is 4. The smallest absolute Gasteiger partial charge is 0.224 e. The minimum Gasteiger partial charge on any atom is -0.355 e. The summed E-state index contributed by atoms with van der Waals surface area (Å²) in [6.07, 6.45) is 3.72. The molecule has 0 aromatic carbocycles. The van der Waals surface area contributed by atoms with E-state index in [9.17, 15) is 9.59 Å². The van der Waals surface area contributed by atoms with E-state index in [1.54, 1.807) is 0 Å². The van der Waals surface area contributed by atoms with E-state index in [1.807, 2.05) is 0 Å². The van der Waals surface area contributed by atoms with Gasteiger partial charge in [0.1, 0.15) is 0 Å². The Bertz CT molecular complexity index is 277. The number of hydrogen-bond donors (Lipinski definition) is 2.